The maximum atomic E-state index is 13.0. The Labute approximate surface area is 188 Å². The van der Waals surface area contributed by atoms with Gasteiger partial charge in [-0.25, -0.2) is 4.79 Å². The summed E-state index contributed by atoms with van der Waals surface area (Å²) in [5.41, 5.74) is 0.152. The molecule has 2 N–H and O–H groups in total. The van der Waals surface area contributed by atoms with Crippen molar-refractivity contribution in [2.45, 2.75) is 63.5 Å². The summed E-state index contributed by atoms with van der Waals surface area (Å²) in [6.45, 7) is 4.66. The first-order valence-electron chi connectivity index (χ1n) is 11.6. The Morgan fingerprint density at radius 1 is 1.12 bits per heavy atom. The average molecular weight is 441 g/mol. The van der Waals surface area contributed by atoms with E-state index >= 15 is 0 Å². The van der Waals surface area contributed by atoms with Gasteiger partial charge in [0.15, 0.2) is 0 Å². The molecule has 2 heterocycles. The molecule has 2 saturated heterocycles. The van der Waals surface area contributed by atoms with E-state index in [9.17, 15) is 19.2 Å². The fraction of sp³-hybridized carbons (Fsp3) is 0.583. The van der Waals surface area contributed by atoms with Crippen LogP contribution in [0.5, 0.6) is 0 Å². The molecule has 5 amide bonds. The lowest BCUT2D eigenvalue weighted by Gasteiger charge is -2.34. The highest BCUT2D eigenvalue weighted by Gasteiger charge is 2.56. The van der Waals surface area contributed by atoms with Gasteiger partial charge in [-0.2, -0.15) is 0 Å². The van der Waals surface area contributed by atoms with Crippen LogP contribution >= 0.6 is 0 Å². The highest BCUT2D eigenvalue weighted by atomic mass is 16.2. The largest absolute Gasteiger partial charge is 0.352 e. The van der Waals surface area contributed by atoms with E-state index in [-0.39, 0.29) is 42.1 Å². The molecule has 1 aromatic carbocycles. The number of imide groups is 1. The van der Waals surface area contributed by atoms with Gasteiger partial charge in [0.2, 0.25) is 11.8 Å². The second-order valence-electron chi connectivity index (χ2n) is 9.34. The van der Waals surface area contributed by atoms with Gasteiger partial charge < -0.3 is 15.5 Å². The van der Waals surface area contributed by atoms with Gasteiger partial charge in [0, 0.05) is 19.1 Å². The molecule has 0 bridgehead atoms. The average Bonchev–Trinajstić information content (AvgIpc) is 3.61. The molecule has 0 aromatic heterocycles. The zero-order valence-corrected chi connectivity index (χ0v) is 18.8. The van der Waals surface area contributed by atoms with E-state index in [1.807, 2.05) is 42.2 Å². The topological polar surface area (TPSA) is 98.8 Å². The van der Waals surface area contributed by atoms with E-state index in [1.54, 1.807) is 6.92 Å². The number of rotatable bonds is 7. The molecular weight excluding hydrogens is 408 g/mol. The number of nitrogens with one attached hydrogen (secondary N) is 2. The van der Waals surface area contributed by atoms with Crippen LogP contribution < -0.4 is 10.6 Å². The van der Waals surface area contributed by atoms with Crippen LogP contribution in [0.1, 0.15) is 57.4 Å². The number of hydrogen-bond acceptors (Lipinski definition) is 4. The lowest BCUT2D eigenvalue weighted by Crippen LogP contribution is -2.50. The summed E-state index contributed by atoms with van der Waals surface area (Å²) in [5.74, 6) is -0.511. The molecule has 4 rings (SSSR count). The number of nitrogens with zero attached hydrogens (tertiary/aromatic N) is 2. The van der Waals surface area contributed by atoms with Gasteiger partial charge in [-0.05, 0) is 50.5 Å². The Morgan fingerprint density at radius 2 is 1.78 bits per heavy atom. The smallest absolute Gasteiger partial charge is 0.325 e. The lowest BCUT2D eigenvalue weighted by atomic mass is 9.93. The first-order chi connectivity index (χ1) is 15.3. The predicted octanol–water partition coefficient (Wildman–Crippen LogP) is 2.01. The first-order valence-corrected chi connectivity index (χ1v) is 11.6. The van der Waals surface area contributed by atoms with Crippen LogP contribution in [0, 0.1) is 5.92 Å². The Hall–Kier alpha value is -2.90. The molecule has 0 spiro atoms. The molecular formula is C24H32N4O4. The quantitative estimate of drug-likeness (QED) is 0.634. The Morgan fingerprint density at radius 3 is 2.38 bits per heavy atom. The van der Waals surface area contributed by atoms with Crippen molar-refractivity contribution in [3.8, 4) is 0 Å². The molecule has 3 aliphatic rings. The van der Waals surface area contributed by atoms with E-state index in [0.29, 0.717) is 25.9 Å². The van der Waals surface area contributed by atoms with Crippen LogP contribution in [0.3, 0.4) is 0 Å². The number of likely N-dealkylation sites (tertiary alicyclic amines) is 1. The van der Waals surface area contributed by atoms with Gasteiger partial charge in [-0.15, -0.1) is 0 Å². The zero-order valence-electron chi connectivity index (χ0n) is 18.8. The van der Waals surface area contributed by atoms with Gasteiger partial charge >= 0.3 is 6.03 Å². The van der Waals surface area contributed by atoms with Crippen molar-refractivity contribution in [3.05, 3.63) is 35.9 Å². The molecule has 32 heavy (non-hydrogen) atoms. The van der Waals surface area contributed by atoms with Gasteiger partial charge in [0.05, 0.1) is 5.92 Å². The number of carbonyl (C=O) groups is 4. The summed E-state index contributed by atoms with van der Waals surface area (Å²) in [7, 11) is 0. The summed E-state index contributed by atoms with van der Waals surface area (Å²) in [6, 6.07) is 9.26. The van der Waals surface area contributed by atoms with E-state index in [4.69, 9.17) is 0 Å². The molecule has 2 unspecified atom stereocenters. The molecule has 1 saturated carbocycles. The monoisotopic (exact) mass is 440 g/mol. The number of amides is 5. The van der Waals surface area contributed by atoms with Crippen LogP contribution in [0.25, 0.3) is 0 Å². The third kappa shape index (κ3) is 4.36. The number of hydrogen-bond donors (Lipinski definition) is 2. The van der Waals surface area contributed by atoms with Crippen molar-refractivity contribution >= 4 is 23.8 Å². The fourth-order valence-corrected chi connectivity index (χ4v) is 4.92. The molecule has 2 atom stereocenters. The number of benzene rings is 1. The van der Waals surface area contributed by atoms with E-state index in [2.05, 4.69) is 10.6 Å². The second kappa shape index (κ2) is 8.92. The van der Waals surface area contributed by atoms with Crippen LogP contribution in [-0.4, -0.2) is 64.8 Å². The maximum absolute atomic E-state index is 13.0. The minimum Gasteiger partial charge on any atom is -0.352 e. The van der Waals surface area contributed by atoms with Crippen LogP contribution in [0.4, 0.5) is 4.79 Å². The SMILES string of the molecule is CCC(C(=O)N1CCC(NC(=O)CN2C(=O)NC(C)(C3CC3)C2=O)CC1)c1ccccc1. The van der Waals surface area contributed by atoms with Crippen LogP contribution in [-0.2, 0) is 14.4 Å². The minimum absolute atomic E-state index is 0.0704. The summed E-state index contributed by atoms with van der Waals surface area (Å²) in [4.78, 5) is 53.4. The van der Waals surface area contributed by atoms with E-state index in [0.717, 1.165) is 29.7 Å². The maximum Gasteiger partial charge on any atom is 0.325 e. The predicted molar refractivity (Wildman–Crippen MR) is 119 cm³/mol. The molecule has 1 aromatic rings. The number of carbonyl (C=O) groups excluding carboxylic acids is 4. The van der Waals surface area contributed by atoms with Gasteiger partial charge in [0.25, 0.3) is 5.91 Å². The van der Waals surface area contributed by atoms with E-state index < -0.39 is 11.6 Å². The van der Waals surface area contributed by atoms with Crippen molar-refractivity contribution < 1.29 is 19.2 Å². The normalized spacial score (nSPS) is 24.9. The van der Waals surface area contributed by atoms with Gasteiger partial charge in [0.1, 0.15) is 12.1 Å². The summed E-state index contributed by atoms with van der Waals surface area (Å²) in [5, 5.41) is 5.70. The molecule has 1 aliphatic carbocycles. The summed E-state index contributed by atoms with van der Waals surface area (Å²) < 4.78 is 0. The summed E-state index contributed by atoms with van der Waals surface area (Å²) in [6.07, 6.45) is 3.89. The van der Waals surface area contributed by atoms with Crippen molar-refractivity contribution in [1.29, 1.82) is 0 Å². The molecule has 2 aliphatic heterocycles. The zero-order chi connectivity index (χ0) is 22.9. The van der Waals surface area contributed by atoms with Crippen LogP contribution in [0.15, 0.2) is 30.3 Å². The molecule has 8 heteroatoms. The number of piperidine rings is 1. The van der Waals surface area contributed by atoms with Gasteiger partial charge in [-0.1, -0.05) is 37.3 Å². The van der Waals surface area contributed by atoms with Crippen molar-refractivity contribution in [1.82, 2.24) is 20.4 Å². The highest BCUT2D eigenvalue weighted by Crippen LogP contribution is 2.42. The van der Waals surface area contributed by atoms with Crippen molar-refractivity contribution in [3.63, 3.8) is 0 Å². The van der Waals surface area contributed by atoms with Crippen molar-refractivity contribution in [2.75, 3.05) is 19.6 Å². The standard InChI is InChI=1S/C24H32N4O4/c1-3-19(16-7-5-4-6-8-16)21(30)27-13-11-18(12-14-27)25-20(29)15-28-22(31)24(2,17-9-10-17)26-23(28)32/h4-8,17-19H,3,9-15H2,1-2H3,(H,25,29)(H,26,32). The Balaban J connectivity index is 1.27. The summed E-state index contributed by atoms with van der Waals surface area (Å²) >= 11 is 0. The Bertz CT molecular complexity index is 893. The first kappa shape index (κ1) is 22.3. The lowest BCUT2D eigenvalue weighted by molar-refractivity contribution is -0.136. The molecule has 3 fully saturated rings. The third-order valence-corrected chi connectivity index (χ3v) is 7.08. The highest BCUT2D eigenvalue weighted by molar-refractivity contribution is 6.09. The van der Waals surface area contributed by atoms with Gasteiger partial charge in [-0.3, -0.25) is 19.3 Å². The third-order valence-electron chi connectivity index (χ3n) is 7.08. The van der Waals surface area contributed by atoms with Crippen molar-refractivity contribution in [2.24, 2.45) is 5.92 Å². The molecule has 172 valence electrons. The fourth-order valence-electron chi connectivity index (χ4n) is 4.92. The number of urea groups is 1. The molecule has 8 nitrogen and oxygen atoms in total. The Kier molecular flexibility index (Phi) is 6.22. The molecule has 0 radical (unpaired) electrons. The second-order valence-corrected chi connectivity index (χ2v) is 9.34. The van der Waals surface area contributed by atoms with E-state index in [1.165, 1.54) is 0 Å². The minimum atomic E-state index is -0.877. The van der Waals surface area contributed by atoms with Crippen LogP contribution in [0.2, 0.25) is 0 Å².